The third kappa shape index (κ3) is 5.84. The molecular formula is C20H26O4. The van der Waals surface area contributed by atoms with Crippen molar-refractivity contribution in [2.45, 2.75) is 58.2 Å². The van der Waals surface area contributed by atoms with Gasteiger partial charge < -0.3 is 9.47 Å². The largest absolute Gasteiger partial charge is 0.458 e. The van der Waals surface area contributed by atoms with Gasteiger partial charge in [0.15, 0.2) is 6.10 Å². The van der Waals surface area contributed by atoms with Crippen LogP contribution in [0.2, 0.25) is 0 Å². The highest BCUT2D eigenvalue weighted by molar-refractivity contribution is 5.68. The van der Waals surface area contributed by atoms with Crippen molar-refractivity contribution < 1.29 is 19.1 Å². The number of esters is 2. The average molecular weight is 330 g/mol. The summed E-state index contributed by atoms with van der Waals surface area (Å²) < 4.78 is 11.1. The van der Waals surface area contributed by atoms with E-state index in [1.807, 2.05) is 42.5 Å². The van der Waals surface area contributed by atoms with Gasteiger partial charge in [-0.05, 0) is 30.4 Å². The van der Waals surface area contributed by atoms with Gasteiger partial charge in [-0.1, -0.05) is 55.7 Å². The molecule has 0 bridgehead atoms. The molecule has 1 fully saturated rings. The van der Waals surface area contributed by atoms with Crippen molar-refractivity contribution in [3.05, 3.63) is 42.0 Å². The molecule has 0 radical (unpaired) electrons. The van der Waals surface area contributed by atoms with Crippen LogP contribution in [-0.4, -0.2) is 24.1 Å². The van der Waals surface area contributed by atoms with Crippen LogP contribution >= 0.6 is 0 Å². The van der Waals surface area contributed by atoms with Gasteiger partial charge in [-0.25, -0.2) is 0 Å². The second kappa shape index (κ2) is 9.26. The van der Waals surface area contributed by atoms with Crippen LogP contribution in [0.15, 0.2) is 36.4 Å². The zero-order valence-electron chi connectivity index (χ0n) is 14.4. The Balaban J connectivity index is 2.20. The van der Waals surface area contributed by atoms with Crippen molar-refractivity contribution in [1.82, 2.24) is 0 Å². The second-order valence-electron chi connectivity index (χ2n) is 6.32. The minimum atomic E-state index is -0.560. The van der Waals surface area contributed by atoms with Crippen LogP contribution in [-0.2, 0) is 19.1 Å². The molecule has 1 aromatic rings. The third-order valence-electron chi connectivity index (χ3n) is 4.32. The van der Waals surface area contributed by atoms with Crippen LogP contribution in [0.25, 0.3) is 6.08 Å². The van der Waals surface area contributed by atoms with E-state index in [9.17, 15) is 9.59 Å². The van der Waals surface area contributed by atoms with E-state index in [1.54, 1.807) is 0 Å². The maximum absolute atomic E-state index is 11.6. The molecule has 130 valence electrons. The molecule has 0 aromatic heterocycles. The van der Waals surface area contributed by atoms with Crippen LogP contribution in [0.4, 0.5) is 0 Å². The maximum atomic E-state index is 11.6. The molecular weight excluding hydrogens is 304 g/mol. The fourth-order valence-corrected chi connectivity index (χ4v) is 3.26. The average Bonchev–Trinajstić information content (AvgIpc) is 2.58. The highest BCUT2D eigenvalue weighted by Crippen LogP contribution is 2.31. The van der Waals surface area contributed by atoms with E-state index in [-0.39, 0.29) is 17.9 Å². The van der Waals surface area contributed by atoms with Gasteiger partial charge in [0.2, 0.25) is 0 Å². The molecule has 4 heteroatoms. The summed E-state index contributed by atoms with van der Waals surface area (Å²) in [5.74, 6) is -0.478. The minimum absolute atomic E-state index is 0.229. The summed E-state index contributed by atoms with van der Waals surface area (Å²) >= 11 is 0. The van der Waals surface area contributed by atoms with Gasteiger partial charge in [-0.3, -0.25) is 9.59 Å². The zero-order chi connectivity index (χ0) is 17.4. The number of hydrogen-bond acceptors (Lipinski definition) is 4. The molecule has 0 aliphatic heterocycles. The maximum Gasteiger partial charge on any atom is 0.303 e. The molecule has 24 heavy (non-hydrogen) atoms. The van der Waals surface area contributed by atoms with Crippen LogP contribution in [0.3, 0.4) is 0 Å². The van der Waals surface area contributed by atoms with Crippen LogP contribution in [0.5, 0.6) is 0 Å². The Labute approximate surface area is 143 Å². The minimum Gasteiger partial charge on any atom is -0.458 e. The number of carbonyl (C=O) groups is 2. The summed E-state index contributed by atoms with van der Waals surface area (Å²) in [5.41, 5.74) is 1.01. The highest BCUT2D eigenvalue weighted by atomic mass is 16.6. The van der Waals surface area contributed by atoms with Crippen molar-refractivity contribution in [3.63, 3.8) is 0 Å². The Bertz CT molecular complexity index is 558. The predicted octanol–water partition coefficient (Wildman–Crippen LogP) is 4.14. The summed E-state index contributed by atoms with van der Waals surface area (Å²) in [6.45, 7) is 2.79. The lowest BCUT2D eigenvalue weighted by Gasteiger charge is -2.33. The van der Waals surface area contributed by atoms with E-state index in [4.69, 9.17) is 9.47 Å². The Morgan fingerprint density at radius 1 is 1.00 bits per heavy atom. The molecule has 1 aromatic carbocycles. The first-order valence-electron chi connectivity index (χ1n) is 8.64. The SMILES string of the molecule is CC(=O)O[C@@H](/C=C/c1ccccc1)[C@@H](OC(C)=O)C1CCCCC1. The van der Waals surface area contributed by atoms with Crippen LogP contribution in [0, 0.1) is 5.92 Å². The molecule has 1 aliphatic carbocycles. The summed E-state index contributed by atoms with van der Waals surface area (Å²) in [7, 11) is 0. The standard InChI is InChI=1S/C20H26O4/c1-15(21)23-19(14-13-17-9-5-3-6-10-17)20(24-16(2)22)18-11-7-4-8-12-18/h3,5-6,9-10,13-14,18-20H,4,7-8,11-12H2,1-2H3/b14-13+/t19-,20-/m0/s1. The van der Waals surface area contributed by atoms with Gasteiger partial charge in [0.1, 0.15) is 6.10 Å². The molecule has 2 atom stereocenters. The van der Waals surface area contributed by atoms with Gasteiger partial charge in [-0.15, -0.1) is 0 Å². The van der Waals surface area contributed by atoms with Gasteiger partial charge >= 0.3 is 11.9 Å². The van der Waals surface area contributed by atoms with Gasteiger partial charge in [0.25, 0.3) is 0 Å². The summed E-state index contributed by atoms with van der Waals surface area (Å²) in [6.07, 6.45) is 8.20. The molecule has 4 nitrogen and oxygen atoms in total. The van der Waals surface area contributed by atoms with E-state index >= 15 is 0 Å². The topological polar surface area (TPSA) is 52.6 Å². The van der Waals surface area contributed by atoms with Crippen molar-refractivity contribution in [1.29, 1.82) is 0 Å². The normalized spacial score (nSPS) is 18.1. The molecule has 2 rings (SSSR count). The molecule has 1 saturated carbocycles. The van der Waals surface area contributed by atoms with E-state index in [1.165, 1.54) is 20.3 Å². The smallest absolute Gasteiger partial charge is 0.303 e. The predicted molar refractivity (Wildman–Crippen MR) is 93.2 cm³/mol. The van der Waals surface area contributed by atoms with Crippen molar-refractivity contribution in [2.75, 3.05) is 0 Å². The summed E-state index contributed by atoms with van der Waals surface area (Å²) in [4.78, 5) is 23.1. The summed E-state index contributed by atoms with van der Waals surface area (Å²) in [5, 5.41) is 0. The van der Waals surface area contributed by atoms with Crippen LogP contribution in [0.1, 0.15) is 51.5 Å². The number of rotatable bonds is 6. The number of benzene rings is 1. The van der Waals surface area contributed by atoms with E-state index in [0.717, 1.165) is 31.2 Å². The van der Waals surface area contributed by atoms with Crippen molar-refractivity contribution in [2.24, 2.45) is 5.92 Å². The molecule has 0 N–H and O–H groups in total. The summed E-state index contributed by atoms with van der Waals surface area (Å²) in [6, 6.07) is 9.80. The zero-order valence-corrected chi connectivity index (χ0v) is 14.4. The molecule has 1 aliphatic rings. The molecule has 0 saturated heterocycles. The van der Waals surface area contributed by atoms with Gasteiger partial charge in [0, 0.05) is 13.8 Å². The molecule has 0 heterocycles. The number of ether oxygens (including phenoxy) is 2. The first kappa shape index (κ1) is 18.2. The number of carbonyl (C=O) groups excluding carboxylic acids is 2. The highest BCUT2D eigenvalue weighted by Gasteiger charge is 2.33. The quantitative estimate of drug-likeness (QED) is 0.736. The van der Waals surface area contributed by atoms with Crippen LogP contribution < -0.4 is 0 Å². The Hall–Kier alpha value is -2.10. The fourth-order valence-electron chi connectivity index (χ4n) is 3.26. The second-order valence-corrected chi connectivity index (χ2v) is 6.32. The Morgan fingerprint density at radius 2 is 1.62 bits per heavy atom. The lowest BCUT2D eigenvalue weighted by atomic mass is 9.83. The molecule has 0 unspecified atom stereocenters. The molecule has 0 amide bonds. The van der Waals surface area contributed by atoms with Gasteiger partial charge in [0.05, 0.1) is 0 Å². The van der Waals surface area contributed by atoms with Crippen molar-refractivity contribution in [3.8, 4) is 0 Å². The van der Waals surface area contributed by atoms with E-state index in [2.05, 4.69) is 0 Å². The fraction of sp³-hybridized carbons (Fsp3) is 0.500. The van der Waals surface area contributed by atoms with Crippen molar-refractivity contribution >= 4 is 18.0 Å². The Morgan fingerprint density at radius 3 is 2.21 bits per heavy atom. The Kier molecular flexibility index (Phi) is 7.04. The first-order valence-corrected chi connectivity index (χ1v) is 8.64. The molecule has 0 spiro atoms. The lowest BCUT2D eigenvalue weighted by Crippen LogP contribution is -2.39. The lowest BCUT2D eigenvalue weighted by molar-refractivity contribution is -0.166. The van der Waals surface area contributed by atoms with E-state index in [0.29, 0.717) is 0 Å². The van der Waals surface area contributed by atoms with Gasteiger partial charge in [-0.2, -0.15) is 0 Å². The first-order chi connectivity index (χ1) is 11.6. The monoisotopic (exact) mass is 330 g/mol. The third-order valence-corrected chi connectivity index (χ3v) is 4.32. The van der Waals surface area contributed by atoms with E-state index < -0.39 is 12.2 Å². The number of hydrogen-bond donors (Lipinski definition) is 0.